The number of piperidine rings is 1. The van der Waals surface area contributed by atoms with Crippen LogP contribution in [-0.4, -0.2) is 82.2 Å². The number of methoxy groups -OCH3 is 2. The number of ether oxygens (including phenoxy) is 6. The van der Waals surface area contributed by atoms with Crippen LogP contribution in [0.3, 0.4) is 0 Å². The van der Waals surface area contributed by atoms with Gasteiger partial charge in [0.25, 0.3) is 0 Å². The van der Waals surface area contributed by atoms with E-state index in [1.165, 1.54) is 0 Å². The van der Waals surface area contributed by atoms with Gasteiger partial charge in [-0.25, -0.2) is 4.79 Å². The van der Waals surface area contributed by atoms with Gasteiger partial charge in [-0.15, -0.1) is 0 Å². The molecule has 2 atom stereocenters. The van der Waals surface area contributed by atoms with Gasteiger partial charge in [0.15, 0.2) is 5.78 Å². The predicted octanol–water partition coefficient (Wildman–Crippen LogP) is 7.40. The third-order valence-electron chi connectivity index (χ3n) is 8.42. The van der Waals surface area contributed by atoms with Gasteiger partial charge < -0.3 is 38.6 Å². The van der Waals surface area contributed by atoms with Crippen molar-refractivity contribution in [1.29, 1.82) is 0 Å². The molecule has 0 spiro atoms. The smallest absolute Gasteiger partial charge is 0.410 e. The van der Waals surface area contributed by atoms with E-state index in [4.69, 9.17) is 28.4 Å². The molecule has 0 bridgehead atoms. The van der Waals surface area contributed by atoms with Crippen LogP contribution in [0.5, 0.6) is 11.5 Å². The van der Waals surface area contributed by atoms with E-state index in [9.17, 15) is 9.59 Å². The Morgan fingerprint density at radius 2 is 1.60 bits per heavy atom. The highest BCUT2D eigenvalue weighted by Crippen LogP contribution is 2.33. The maximum atomic E-state index is 13.1. The van der Waals surface area contributed by atoms with Crippen LogP contribution in [-0.2, 0) is 37.0 Å². The van der Waals surface area contributed by atoms with Crippen LogP contribution in [0, 0.1) is 0 Å². The summed E-state index contributed by atoms with van der Waals surface area (Å²) in [5.41, 5.74) is 3.36. The number of Topliss-reactive ketones (excluding diaryl/α,β-unsaturated/α-hetero) is 1. The van der Waals surface area contributed by atoms with Gasteiger partial charge in [0.05, 0.1) is 52.7 Å². The van der Waals surface area contributed by atoms with Gasteiger partial charge in [-0.3, -0.25) is 4.79 Å². The summed E-state index contributed by atoms with van der Waals surface area (Å²) < 4.78 is 34.6. The zero-order valence-electron chi connectivity index (χ0n) is 30.3. The number of ketones is 1. The number of anilines is 1. The van der Waals surface area contributed by atoms with Crippen LogP contribution in [0.15, 0.2) is 72.8 Å². The van der Waals surface area contributed by atoms with Crippen molar-refractivity contribution in [2.45, 2.75) is 77.3 Å². The molecule has 1 saturated heterocycles. The number of hydrogen-bond donors (Lipinski definition) is 1. The predicted molar refractivity (Wildman–Crippen MR) is 194 cm³/mol. The fourth-order valence-corrected chi connectivity index (χ4v) is 5.84. The molecule has 272 valence electrons. The van der Waals surface area contributed by atoms with E-state index in [-0.39, 0.29) is 30.4 Å². The monoisotopic (exact) mass is 690 g/mol. The maximum Gasteiger partial charge on any atom is 0.410 e. The summed E-state index contributed by atoms with van der Waals surface area (Å²) in [4.78, 5) is 27.2. The van der Waals surface area contributed by atoms with Crippen molar-refractivity contribution in [3.63, 3.8) is 0 Å². The second-order valence-electron chi connectivity index (χ2n) is 13.5. The molecule has 4 rings (SSSR count). The molecule has 3 aromatic carbocycles. The van der Waals surface area contributed by atoms with Gasteiger partial charge in [-0.2, -0.15) is 0 Å². The van der Waals surface area contributed by atoms with Crippen molar-refractivity contribution >= 4 is 17.6 Å². The molecule has 2 unspecified atom stereocenters. The molecule has 50 heavy (non-hydrogen) atoms. The molecule has 0 aromatic heterocycles. The van der Waals surface area contributed by atoms with E-state index in [0.29, 0.717) is 59.0 Å². The van der Waals surface area contributed by atoms with Gasteiger partial charge in [-0.05, 0) is 63.4 Å². The van der Waals surface area contributed by atoms with Gasteiger partial charge in [0.2, 0.25) is 0 Å². The van der Waals surface area contributed by atoms with E-state index in [0.717, 1.165) is 46.7 Å². The Hall–Kier alpha value is -4.12. The van der Waals surface area contributed by atoms with Crippen LogP contribution in [0.2, 0.25) is 0 Å². The third-order valence-corrected chi connectivity index (χ3v) is 8.42. The second-order valence-corrected chi connectivity index (χ2v) is 13.5. The molecule has 10 nitrogen and oxygen atoms in total. The highest BCUT2D eigenvalue weighted by atomic mass is 16.6. The van der Waals surface area contributed by atoms with Crippen LogP contribution in [0.25, 0.3) is 0 Å². The molecule has 1 amide bonds. The van der Waals surface area contributed by atoms with E-state index in [1.54, 1.807) is 19.1 Å². The third kappa shape index (κ3) is 12.6. The topological polar surface area (TPSA) is 105 Å². The van der Waals surface area contributed by atoms with Crippen LogP contribution in [0.1, 0.15) is 69.1 Å². The molecule has 1 fully saturated rings. The molecular formula is C40H54N2O8. The number of nitrogens with zero attached hydrogens (tertiary/aromatic N) is 1. The number of para-hydroxylation sites is 2. The summed E-state index contributed by atoms with van der Waals surface area (Å²) in [7, 11) is 3.30. The average molecular weight is 691 g/mol. The van der Waals surface area contributed by atoms with Crippen molar-refractivity contribution < 1.29 is 38.0 Å². The lowest BCUT2D eigenvalue weighted by Gasteiger charge is -2.39. The first-order valence-electron chi connectivity index (χ1n) is 17.5. The van der Waals surface area contributed by atoms with Crippen molar-refractivity contribution in [3.05, 3.63) is 89.5 Å². The minimum Gasteiger partial charge on any atom is -0.496 e. The van der Waals surface area contributed by atoms with Crippen LogP contribution in [0.4, 0.5) is 10.5 Å². The Bertz CT molecular complexity index is 1470. The lowest BCUT2D eigenvalue weighted by molar-refractivity contribution is -0.117. The molecule has 3 aromatic rings. The lowest BCUT2D eigenvalue weighted by atomic mass is 9.87. The van der Waals surface area contributed by atoms with Crippen LogP contribution >= 0.6 is 0 Å². The van der Waals surface area contributed by atoms with Crippen molar-refractivity contribution in [3.8, 4) is 11.5 Å². The summed E-state index contributed by atoms with van der Waals surface area (Å²) >= 11 is 0. The average Bonchev–Trinajstić information content (AvgIpc) is 3.11. The summed E-state index contributed by atoms with van der Waals surface area (Å²) in [5, 5.41) is 3.29. The van der Waals surface area contributed by atoms with Gasteiger partial charge in [0, 0.05) is 55.8 Å². The molecule has 1 aliphatic heterocycles. The number of nitrogens with one attached hydrogen (secondary N) is 1. The molecule has 1 aliphatic rings. The maximum absolute atomic E-state index is 13.1. The van der Waals surface area contributed by atoms with E-state index in [1.807, 2.05) is 81.4 Å². The Morgan fingerprint density at radius 3 is 2.34 bits per heavy atom. The number of rotatable bonds is 19. The summed E-state index contributed by atoms with van der Waals surface area (Å²) in [6, 6.07) is 23.9. The number of carbonyl (C=O) groups is 2. The van der Waals surface area contributed by atoms with Gasteiger partial charge >= 0.3 is 6.09 Å². The first-order valence-corrected chi connectivity index (χ1v) is 17.5. The Labute approximate surface area is 297 Å². The first kappa shape index (κ1) is 38.7. The number of likely N-dealkylation sites (tertiary alicyclic amines) is 1. The van der Waals surface area contributed by atoms with E-state index >= 15 is 0 Å². The zero-order valence-corrected chi connectivity index (χ0v) is 30.3. The summed E-state index contributed by atoms with van der Waals surface area (Å²) in [6.07, 6.45) is 2.04. The minimum absolute atomic E-state index is 0.0635. The molecule has 1 heterocycles. The SMILES string of the molecule is COCCCC(=O)CNc1ccccc1COC1CN(C(=O)OC(C)(C)C)CCC1c1ccc(OCCCOCc2ccccc2OC)cc1. The van der Waals surface area contributed by atoms with Gasteiger partial charge in [-0.1, -0.05) is 48.5 Å². The second kappa shape index (κ2) is 19.9. The molecular weight excluding hydrogens is 636 g/mol. The highest BCUT2D eigenvalue weighted by molar-refractivity contribution is 5.83. The standard InChI is InChI=1S/C40H54N2O8/c1-40(2,3)50-39(44)42-22-21-35(38(27-42)49-29-31-12-6-8-15-36(31)41-26-33(43)14-10-23-45-4)30-17-19-34(20-18-30)48-25-11-24-47-28-32-13-7-9-16-37(32)46-5/h6-9,12-13,15-20,35,38,41H,10-11,14,21-29H2,1-5H3. The van der Waals surface area contributed by atoms with E-state index in [2.05, 4.69) is 17.4 Å². The Morgan fingerprint density at radius 1 is 0.860 bits per heavy atom. The Kier molecular flexibility index (Phi) is 15.4. The molecule has 0 saturated carbocycles. The molecule has 0 aliphatic carbocycles. The minimum atomic E-state index is -0.590. The van der Waals surface area contributed by atoms with Gasteiger partial charge in [0.1, 0.15) is 17.1 Å². The quantitative estimate of drug-likeness (QED) is 0.129. The number of benzene rings is 3. The van der Waals surface area contributed by atoms with Crippen LogP contribution < -0.4 is 14.8 Å². The van der Waals surface area contributed by atoms with E-state index < -0.39 is 5.60 Å². The lowest BCUT2D eigenvalue weighted by Crippen LogP contribution is -2.48. The fraction of sp³-hybridized carbons (Fsp3) is 0.500. The fourth-order valence-electron chi connectivity index (χ4n) is 5.84. The summed E-state index contributed by atoms with van der Waals surface area (Å²) in [6.45, 7) is 9.32. The summed E-state index contributed by atoms with van der Waals surface area (Å²) in [5.74, 6) is 1.81. The molecule has 0 radical (unpaired) electrons. The highest BCUT2D eigenvalue weighted by Gasteiger charge is 2.35. The normalized spacial score (nSPS) is 16.1. The van der Waals surface area contributed by atoms with Crippen molar-refractivity contribution in [1.82, 2.24) is 4.90 Å². The van der Waals surface area contributed by atoms with Crippen molar-refractivity contribution in [2.75, 3.05) is 59.0 Å². The van der Waals surface area contributed by atoms with Crippen molar-refractivity contribution in [2.24, 2.45) is 0 Å². The Balaban J connectivity index is 1.34. The first-order chi connectivity index (χ1) is 24.2. The number of carbonyl (C=O) groups excluding carboxylic acids is 2. The number of amides is 1. The molecule has 1 N–H and O–H groups in total. The molecule has 10 heteroatoms. The number of hydrogen-bond acceptors (Lipinski definition) is 9. The zero-order chi connectivity index (χ0) is 35.8. The largest absolute Gasteiger partial charge is 0.496 e.